The van der Waals surface area contributed by atoms with Gasteiger partial charge in [-0.15, -0.1) is 0 Å². The average molecular weight is 525 g/mol. The smallest absolute Gasteiger partial charge is 0.225 e. The first-order chi connectivity index (χ1) is 17.7. The number of methoxy groups -OCH3 is 1. The molecule has 0 unspecified atom stereocenters. The van der Waals surface area contributed by atoms with Crippen LogP contribution in [-0.4, -0.2) is 71.2 Å². The topological polar surface area (TPSA) is 128 Å². The fraction of sp³-hybridized carbons (Fsp3) is 0.400. The number of H-pyrrole nitrogens is 1. The normalized spacial score (nSPS) is 13.8. The summed E-state index contributed by atoms with van der Waals surface area (Å²) in [7, 11) is 5.19. The SMILES string of the molecule is COc1c(Nc2cc(C)[nH]n2)nc(Sc2ccc(NC(C)=O)cc2)nc1N1CCC(C(=O)N(C)C)CC1. The van der Waals surface area contributed by atoms with E-state index in [0.29, 0.717) is 41.4 Å². The van der Waals surface area contributed by atoms with Crippen molar-refractivity contribution in [2.45, 2.75) is 36.7 Å². The zero-order valence-electron chi connectivity index (χ0n) is 21.7. The fourth-order valence-corrected chi connectivity index (χ4v) is 4.93. The van der Waals surface area contributed by atoms with Crippen molar-refractivity contribution in [2.24, 2.45) is 5.92 Å². The van der Waals surface area contributed by atoms with Crippen LogP contribution in [0.1, 0.15) is 25.5 Å². The minimum atomic E-state index is -0.121. The molecule has 196 valence electrons. The Balaban J connectivity index is 1.64. The van der Waals surface area contributed by atoms with Gasteiger partial charge in [-0.25, -0.2) is 9.97 Å². The molecule has 0 radical (unpaired) electrons. The molecular formula is C25H32N8O3S. The summed E-state index contributed by atoms with van der Waals surface area (Å²) >= 11 is 1.41. The van der Waals surface area contributed by atoms with E-state index in [0.717, 1.165) is 29.1 Å². The molecule has 1 aromatic carbocycles. The maximum absolute atomic E-state index is 12.5. The van der Waals surface area contributed by atoms with Crippen LogP contribution in [0, 0.1) is 12.8 Å². The first kappa shape index (κ1) is 26.3. The Hall–Kier alpha value is -3.80. The van der Waals surface area contributed by atoms with Crippen LogP contribution in [0.2, 0.25) is 0 Å². The number of aryl methyl sites for hydroxylation is 1. The van der Waals surface area contributed by atoms with E-state index >= 15 is 0 Å². The number of aromatic amines is 1. The third-order valence-corrected chi connectivity index (χ3v) is 6.83. The van der Waals surface area contributed by atoms with Gasteiger partial charge in [-0.05, 0) is 55.8 Å². The van der Waals surface area contributed by atoms with Crippen molar-refractivity contribution in [2.75, 3.05) is 49.8 Å². The van der Waals surface area contributed by atoms with Crippen LogP contribution in [-0.2, 0) is 9.59 Å². The molecule has 0 aliphatic carbocycles. The van der Waals surface area contributed by atoms with Crippen molar-refractivity contribution in [1.29, 1.82) is 0 Å². The summed E-state index contributed by atoms with van der Waals surface area (Å²) in [5.74, 6) is 2.34. The Morgan fingerprint density at radius 1 is 1.16 bits per heavy atom. The number of carbonyl (C=O) groups is 2. The fourth-order valence-electron chi connectivity index (χ4n) is 4.17. The van der Waals surface area contributed by atoms with Crippen molar-refractivity contribution in [3.8, 4) is 5.75 Å². The van der Waals surface area contributed by atoms with E-state index in [1.54, 1.807) is 26.1 Å². The molecule has 0 spiro atoms. The average Bonchev–Trinajstić information content (AvgIpc) is 3.28. The van der Waals surface area contributed by atoms with Gasteiger partial charge in [0.15, 0.2) is 22.6 Å². The third kappa shape index (κ3) is 6.50. The van der Waals surface area contributed by atoms with E-state index in [2.05, 4.69) is 25.7 Å². The number of hydrogen-bond donors (Lipinski definition) is 3. The summed E-state index contributed by atoms with van der Waals surface area (Å²) < 4.78 is 5.79. The van der Waals surface area contributed by atoms with Crippen molar-refractivity contribution in [3.63, 3.8) is 0 Å². The molecule has 2 amide bonds. The standard InChI is InChI=1S/C25H32N8O3S/c1-15-14-20(31-30-15)27-22-21(36-5)23(33-12-10-17(11-13-33)24(35)32(3)4)29-25(28-22)37-19-8-6-18(7-9-19)26-16(2)34/h6-9,14,17H,10-13H2,1-5H3,(H,26,34)(H2,27,28,29,30,31). The summed E-state index contributed by atoms with van der Waals surface area (Å²) in [5.41, 5.74) is 1.64. The second-order valence-corrected chi connectivity index (χ2v) is 10.1. The highest BCUT2D eigenvalue weighted by atomic mass is 32.2. The van der Waals surface area contributed by atoms with Crippen molar-refractivity contribution < 1.29 is 14.3 Å². The number of piperidine rings is 1. The molecule has 3 heterocycles. The molecule has 11 nitrogen and oxygen atoms in total. The van der Waals surface area contributed by atoms with Gasteiger partial charge >= 0.3 is 0 Å². The first-order valence-electron chi connectivity index (χ1n) is 12.0. The largest absolute Gasteiger partial charge is 0.490 e. The number of anilines is 4. The van der Waals surface area contributed by atoms with Gasteiger partial charge in [0, 0.05) is 62.4 Å². The Morgan fingerprint density at radius 2 is 1.86 bits per heavy atom. The number of benzene rings is 1. The zero-order valence-corrected chi connectivity index (χ0v) is 22.5. The van der Waals surface area contributed by atoms with Crippen LogP contribution in [0.15, 0.2) is 40.4 Å². The highest BCUT2D eigenvalue weighted by Crippen LogP contribution is 2.39. The van der Waals surface area contributed by atoms with Gasteiger partial charge in [0.05, 0.1) is 7.11 Å². The van der Waals surface area contributed by atoms with Gasteiger partial charge in [-0.3, -0.25) is 14.7 Å². The molecule has 3 aromatic rings. The summed E-state index contributed by atoms with van der Waals surface area (Å²) in [6.07, 6.45) is 1.47. The molecule has 1 aliphatic rings. The Morgan fingerprint density at radius 3 is 2.43 bits per heavy atom. The number of nitrogens with zero attached hydrogens (tertiary/aromatic N) is 5. The Labute approximate surface area is 220 Å². The second kappa shape index (κ2) is 11.5. The number of ether oxygens (including phenoxy) is 1. The number of hydrogen-bond acceptors (Lipinski definition) is 9. The molecule has 0 bridgehead atoms. The monoisotopic (exact) mass is 524 g/mol. The molecule has 0 atom stereocenters. The quantitative estimate of drug-likeness (QED) is 0.378. The minimum Gasteiger partial charge on any atom is -0.490 e. The highest BCUT2D eigenvalue weighted by molar-refractivity contribution is 7.99. The number of carbonyl (C=O) groups excluding carboxylic acids is 2. The van der Waals surface area contributed by atoms with Gasteiger partial charge in [-0.2, -0.15) is 5.10 Å². The van der Waals surface area contributed by atoms with E-state index in [4.69, 9.17) is 14.7 Å². The second-order valence-electron chi connectivity index (χ2n) is 9.07. The lowest BCUT2D eigenvalue weighted by atomic mass is 9.95. The molecule has 3 N–H and O–H groups in total. The van der Waals surface area contributed by atoms with Gasteiger partial charge in [0.2, 0.25) is 17.6 Å². The van der Waals surface area contributed by atoms with E-state index in [1.165, 1.54) is 18.7 Å². The Bertz CT molecular complexity index is 1250. The summed E-state index contributed by atoms with van der Waals surface area (Å²) in [6, 6.07) is 9.38. The molecular weight excluding hydrogens is 492 g/mol. The maximum atomic E-state index is 12.5. The lowest BCUT2D eigenvalue weighted by molar-refractivity contribution is -0.133. The number of rotatable bonds is 8. The van der Waals surface area contributed by atoms with Crippen LogP contribution < -0.4 is 20.3 Å². The molecule has 2 aromatic heterocycles. The summed E-state index contributed by atoms with van der Waals surface area (Å²) in [6.45, 7) is 4.75. The van der Waals surface area contributed by atoms with Gasteiger partial charge in [0.1, 0.15) is 0 Å². The number of amides is 2. The molecule has 12 heteroatoms. The molecule has 37 heavy (non-hydrogen) atoms. The van der Waals surface area contributed by atoms with E-state index in [-0.39, 0.29) is 17.7 Å². The van der Waals surface area contributed by atoms with Crippen LogP contribution >= 0.6 is 11.8 Å². The third-order valence-electron chi connectivity index (χ3n) is 5.95. The summed E-state index contributed by atoms with van der Waals surface area (Å²) in [5, 5.41) is 13.8. The predicted molar refractivity (Wildman–Crippen MR) is 144 cm³/mol. The van der Waals surface area contributed by atoms with Gasteiger partial charge < -0.3 is 25.2 Å². The lowest BCUT2D eigenvalue weighted by Gasteiger charge is -2.34. The molecule has 4 rings (SSSR count). The first-order valence-corrected chi connectivity index (χ1v) is 12.8. The summed E-state index contributed by atoms with van der Waals surface area (Å²) in [4.78, 5) is 38.1. The van der Waals surface area contributed by atoms with E-state index < -0.39 is 0 Å². The van der Waals surface area contributed by atoms with Crippen LogP contribution in [0.25, 0.3) is 0 Å². The van der Waals surface area contributed by atoms with Gasteiger partial charge in [0.25, 0.3) is 0 Å². The number of nitrogens with one attached hydrogen (secondary N) is 3. The molecule has 1 saturated heterocycles. The maximum Gasteiger partial charge on any atom is 0.225 e. The predicted octanol–water partition coefficient (Wildman–Crippen LogP) is 3.67. The van der Waals surface area contributed by atoms with E-state index in [1.807, 2.05) is 37.3 Å². The zero-order chi connectivity index (χ0) is 26.5. The highest BCUT2D eigenvalue weighted by Gasteiger charge is 2.29. The van der Waals surface area contributed by atoms with Crippen LogP contribution in [0.4, 0.5) is 23.1 Å². The lowest BCUT2D eigenvalue weighted by Crippen LogP contribution is -2.40. The molecule has 1 aliphatic heterocycles. The van der Waals surface area contributed by atoms with E-state index in [9.17, 15) is 9.59 Å². The van der Waals surface area contributed by atoms with Gasteiger partial charge in [-0.1, -0.05) is 0 Å². The van der Waals surface area contributed by atoms with Crippen LogP contribution in [0.5, 0.6) is 5.75 Å². The molecule has 1 fully saturated rings. The van der Waals surface area contributed by atoms with Crippen molar-refractivity contribution in [3.05, 3.63) is 36.0 Å². The Kier molecular flexibility index (Phi) is 8.17. The minimum absolute atomic E-state index is 0.000296. The van der Waals surface area contributed by atoms with Crippen molar-refractivity contribution >= 4 is 46.7 Å². The van der Waals surface area contributed by atoms with Crippen molar-refractivity contribution in [1.82, 2.24) is 25.1 Å². The molecule has 0 saturated carbocycles. The number of aromatic nitrogens is 4. The van der Waals surface area contributed by atoms with Crippen LogP contribution in [0.3, 0.4) is 0 Å².